The maximum Gasteiger partial charge on any atom is 0.358 e. The van der Waals surface area contributed by atoms with Crippen LogP contribution in [0.2, 0.25) is 0 Å². The van der Waals surface area contributed by atoms with Crippen LogP contribution in [0.1, 0.15) is 41.9 Å². The first-order chi connectivity index (χ1) is 8.06. The molecule has 1 heterocycles. The third-order valence-corrected chi connectivity index (χ3v) is 3.21. The van der Waals surface area contributed by atoms with Crippen LogP contribution in [0, 0.1) is 0 Å². The van der Waals surface area contributed by atoms with Crippen LogP contribution in [0.5, 0.6) is 0 Å². The lowest BCUT2D eigenvalue weighted by atomic mass is 10.0. The number of aromatic nitrogens is 3. The van der Waals surface area contributed by atoms with Crippen molar-refractivity contribution in [3.63, 3.8) is 0 Å². The van der Waals surface area contributed by atoms with Crippen molar-refractivity contribution in [1.82, 2.24) is 15.0 Å². The number of aliphatic hydroxyl groups is 1. The molecule has 0 bridgehead atoms. The maximum atomic E-state index is 10.9. The third kappa shape index (κ3) is 2.29. The highest BCUT2D eigenvalue weighted by Gasteiger charge is 2.33. The Hall–Kier alpha value is -1.47. The molecule has 0 aromatic carbocycles. The minimum absolute atomic E-state index is 0.0463. The van der Waals surface area contributed by atoms with Gasteiger partial charge in [0.05, 0.1) is 17.8 Å². The summed E-state index contributed by atoms with van der Waals surface area (Å²) in [4.78, 5) is 10.9. The molecule has 1 aromatic heterocycles. The Kier molecular flexibility index (Phi) is 3.12. The summed E-state index contributed by atoms with van der Waals surface area (Å²) in [5, 5.41) is 26.5. The standard InChI is InChI=1S/C10H16N4O3/c11-5-7-8(9(15)16)12-13-14(7)6-10(17)3-1-2-4-10/h17H,1-6,11H2,(H,15,16). The number of aromatic carboxylic acids is 1. The molecular formula is C10H16N4O3. The molecule has 7 heteroatoms. The molecule has 1 aliphatic carbocycles. The zero-order valence-electron chi connectivity index (χ0n) is 9.46. The van der Waals surface area contributed by atoms with Gasteiger partial charge in [0.2, 0.25) is 0 Å². The van der Waals surface area contributed by atoms with Crippen molar-refractivity contribution in [3.8, 4) is 0 Å². The van der Waals surface area contributed by atoms with Gasteiger partial charge in [-0.3, -0.25) is 0 Å². The molecule has 0 amide bonds. The van der Waals surface area contributed by atoms with Crippen LogP contribution in [0.3, 0.4) is 0 Å². The van der Waals surface area contributed by atoms with E-state index in [1.54, 1.807) is 0 Å². The largest absolute Gasteiger partial charge is 0.476 e. The van der Waals surface area contributed by atoms with Gasteiger partial charge < -0.3 is 15.9 Å². The highest BCUT2D eigenvalue weighted by Crippen LogP contribution is 2.31. The molecular weight excluding hydrogens is 224 g/mol. The van der Waals surface area contributed by atoms with Crippen molar-refractivity contribution in [2.75, 3.05) is 0 Å². The van der Waals surface area contributed by atoms with Crippen molar-refractivity contribution in [2.24, 2.45) is 5.73 Å². The summed E-state index contributed by atoms with van der Waals surface area (Å²) in [5.74, 6) is -1.14. The summed E-state index contributed by atoms with van der Waals surface area (Å²) in [7, 11) is 0. The van der Waals surface area contributed by atoms with Gasteiger partial charge >= 0.3 is 5.97 Å². The topological polar surface area (TPSA) is 114 Å². The average Bonchev–Trinajstić information content (AvgIpc) is 2.85. The van der Waals surface area contributed by atoms with Gasteiger partial charge in [-0.15, -0.1) is 5.10 Å². The number of nitrogens with two attached hydrogens (primary N) is 1. The molecule has 7 nitrogen and oxygen atoms in total. The molecule has 2 rings (SSSR count). The van der Waals surface area contributed by atoms with Crippen molar-refractivity contribution in [2.45, 2.75) is 44.4 Å². The fraction of sp³-hybridized carbons (Fsp3) is 0.700. The smallest absolute Gasteiger partial charge is 0.358 e. The Bertz CT molecular complexity index is 423. The van der Waals surface area contributed by atoms with Gasteiger partial charge in [0.25, 0.3) is 0 Å². The molecule has 17 heavy (non-hydrogen) atoms. The first-order valence-electron chi connectivity index (χ1n) is 5.64. The molecule has 0 spiro atoms. The molecule has 0 unspecified atom stereocenters. The van der Waals surface area contributed by atoms with E-state index < -0.39 is 11.6 Å². The summed E-state index contributed by atoms with van der Waals surface area (Å²) >= 11 is 0. The van der Waals surface area contributed by atoms with Crippen LogP contribution in [0.25, 0.3) is 0 Å². The first kappa shape index (κ1) is 12.0. The second kappa shape index (κ2) is 4.42. The van der Waals surface area contributed by atoms with Gasteiger partial charge in [-0.2, -0.15) is 0 Å². The number of nitrogens with zero attached hydrogens (tertiary/aromatic N) is 3. The van der Waals surface area contributed by atoms with Crippen molar-refractivity contribution in [1.29, 1.82) is 0 Å². The van der Waals surface area contributed by atoms with E-state index in [0.29, 0.717) is 18.5 Å². The second-order valence-corrected chi connectivity index (χ2v) is 4.48. The van der Waals surface area contributed by atoms with Crippen LogP contribution < -0.4 is 5.73 Å². The molecule has 0 atom stereocenters. The SMILES string of the molecule is NCc1c(C(=O)O)nnn1CC1(O)CCCC1. The Morgan fingerprint density at radius 3 is 2.65 bits per heavy atom. The molecule has 1 aromatic rings. The van der Waals surface area contributed by atoms with E-state index in [1.165, 1.54) is 4.68 Å². The number of carboxylic acids is 1. The quantitative estimate of drug-likeness (QED) is 0.668. The number of hydrogen-bond donors (Lipinski definition) is 3. The summed E-state index contributed by atoms with van der Waals surface area (Å²) in [6, 6.07) is 0. The van der Waals surface area contributed by atoms with Gasteiger partial charge in [-0.25, -0.2) is 9.48 Å². The van der Waals surface area contributed by atoms with Crippen LogP contribution in [-0.4, -0.2) is 36.8 Å². The van der Waals surface area contributed by atoms with E-state index in [4.69, 9.17) is 10.8 Å². The molecule has 0 radical (unpaired) electrons. The summed E-state index contributed by atoms with van der Waals surface area (Å²) in [6.07, 6.45) is 3.38. The lowest BCUT2D eigenvalue weighted by Crippen LogP contribution is -2.32. The Morgan fingerprint density at radius 1 is 1.47 bits per heavy atom. The fourth-order valence-electron chi connectivity index (χ4n) is 2.30. The summed E-state index contributed by atoms with van der Waals surface area (Å²) in [6.45, 7) is 0.310. The summed E-state index contributed by atoms with van der Waals surface area (Å²) in [5.41, 5.74) is 4.94. The minimum atomic E-state index is -1.14. The van der Waals surface area contributed by atoms with Gasteiger partial charge in [0, 0.05) is 6.54 Å². The summed E-state index contributed by atoms with van der Waals surface area (Å²) < 4.78 is 1.41. The van der Waals surface area contributed by atoms with Crippen LogP contribution in [0.15, 0.2) is 0 Å². The van der Waals surface area contributed by atoms with E-state index in [-0.39, 0.29) is 18.8 Å². The van der Waals surface area contributed by atoms with E-state index in [9.17, 15) is 9.90 Å². The molecule has 1 fully saturated rings. The monoisotopic (exact) mass is 240 g/mol. The maximum absolute atomic E-state index is 10.9. The predicted octanol–water partition coefficient (Wildman–Crippen LogP) is -0.260. The van der Waals surface area contributed by atoms with Crippen LogP contribution in [0.4, 0.5) is 0 Å². The zero-order valence-corrected chi connectivity index (χ0v) is 9.46. The molecule has 94 valence electrons. The highest BCUT2D eigenvalue weighted by atomic mass is 16.4. The number of hydrogen-bond acceptors (Lipinski definition) is 5. The van der Waals surface area contributed by atoms with Crippen molar-refractivity contribution >= 4 is 5.97 Å². The normalized spacial score (nSPS) is 18.5. The Labute approximate surface area is 98.2 Å². The lowest BCUT2D eigenvalue weighted by molar-refractivity contribution is 0.0251. The van der Waals surface area contributed by atoms with E-state index in [1.807, 2.05) is 0 Å². The van der Waals surface area contributed by atoms with Crippen LogP contribution in [-0.2, 0) is 13.1 Å². The highest BCUT2D eigenvalue weighted by molar-refractivity contribution is 5.86. The molecule has 0 aliphatic heterocycles. The van der Waals surface area contributed by atoms with Gasteiger partial charge in [0.1, 0.15) is 0 Å². The van der Waals surface area contributed by atoms with Gasteiger partial charge in [-0.05, 0) is 12.8 Å². The second-order valence-electron chi connectivity index (χ2n) is 4.48. The van der Waals surface area contributed by atoms with Crippen molar-refractivity contribution < 1.29 is 15.0 Å². The Morgan fingerprint density at radius 2 is 2.12 bits per heavy atom. The fourth-order valence-corrected chi connectivity index (χ4v) is 2.30. The third-order valence-electron chi connectivity index (χ3n) is 3.21. The van der Waals surface area contributed by atoms with E-state index in [2.05, 4.69) is 10.3 Å². The average molecular weight is 240 g/mol. The predicted molar refractivity (Wildman–Crippen MR) is 58.3 cm³/mol. The van der Waals surface area contributed by atoms with Crippen molar-refractivity contribution in [3.05, 3.63) is 11.4 Å². The van der Waals surface area contributed by atoms with E-state index >= 15 is 0 Å². The number of rotatable bonds is 4. The molecule has 1 saturated carbocycles. The Balaban J connectivity index is 2.24. The van der Waals surface area contributed by atoms with Crippen LogP contribution >= 0.6 is 0 Å². The molecule has 0 saturated heterocycles. The first-order valence-corrected chi connectivity index (χ1v) is 5.64. The van der Waals surface area contributed by atoms with E-state index in [0.717, 1.165) is 12.8 Å². The molecule has 4 N–H and O–H groups in total. The minimum Gasteiger partial charge on any atom is -0.476 e. The van der Waals surface area contributed by atoms with Gasteiger partial charge in [0.15, 0.2) is 5.69 Å². The van der Waals surface area contributed by atoms with Gasteiger partial charge in [-0.1, -0.05) is 18.1 Å². The molecule has 1 aliphatic rings. The zero-order chi connectivity index (χ0) is 12.5. The number of carbonyl (C=O) groups is 1. The number of carboxylic acid groups (broad SMARTS) is 1. The lowest BCUT2D eigenvalue weighted by Gasteiger charge is -2.22.